The molecule has 0 spiro atoms. The van der Waals surface area contributed by atoms with Crippen molar-refractivity contribution in [2.45, 2.75) is 5.92 Å². The molecule has 36 heavy (non-hydrogen) atoms. The zero-order chi connectivity index (χ0) is 24.6. The predicted octanol–water partition coefficient (Wildman–Crippen LogP) is 6.58. The van der Waals surface area contributed by atoms with Crippen LogP contribution >= 0.6 is 0 Å². The Labute approximate surface area is 206 Å². The summed E-state index contributed by atoms with van der Waals surface area (Å²) in [6, 6.07) is 26.2. The molecule has 6 rings (SSSR count). The average Bonchev–Trinajstić information content (AvgIpc) is 2.92. The van der Waals surface area contributed by atoms with Crippen molar-refractivity contribution in [2.24, 2.45) is 0 Å². The van der Waals surface area contributed by atoms with Gasteiger partial charge in [0.25, 0.3) is 5.69 Å². The zero-order valence-corrected chi connectivity index (χ0v) is 19.2. The Kier molecular flexibility index (Phi) is 5.19. The van der Waals surface area contributed by atoms with E-state index in [1.165, 1.54) is 18.5 Å². The molecule has 1 aliphatic rings. The molecule has 0 amide bonds. The van der Waals surface area contributed by atoms with Crippen LogP contribution < -0.4 is 14.8 Å². The fraction of sp³-hybridized carbons (Fsp3) is 0.0714. The number of nitro benzene ring substituents is 1. The summed E-state index contributed by atoms with van der Waals surface area (Å²) >= 11 is 0. The van der Waals surface area contributed by atoms with Crippen molar-refractivity contribution in [1.82, 2.24) is 9.97 Å². The lowest BCUT2D eigenvalue weighted by Crippen LogP contribution is -2.16. The first kappa shape index (κ1) is 21.5. The number of nitrogens with zero attached hydrogens (tertiary/aromatic N) is 3. The molecular formula is C28H20N4O4. The Morgan fingerprint density at radius 2 is 1.72 bits per heavy atom. The van der Waals surface area contributed by atoms with Gasteiger partial charge < -0.3 is 14.8 Å². The second kappa shape index (κ2) is 8.66. The van der Waals surface area contributed by atoms with E-state index in [2.05, 4.69) is 21.4 Å². The minimum atomic E-state index is -0.400. The van der Waals surface area contributed by atoms with Gasteiger partial charge in [0.05, 0.1) is 17.6 Å². The number of hydrogen-bond donors (Lipinski definition) is 1. The first-order valence-corrected chi connectivity index (χ1v) is 11.3. The van der Waals surface area contributed by atoms with Crippen LogP contribution in [0.4, 0.5) is 17.2 Å². The lowest BCUT2D eigenvalue weighted by Gasteiger charge is -2.30. The van der Waals surface area contributed by atoms with Crippen molar-refractivity contribution < 1.29 is 14.4 Å². The van der Waals surface area contributed by atoms with Crippen LogP contribution in [0, 0.1) is 10.1 Å². The van der Waals surface area contributed by atoms with Gasteiger partial charge in [-0.15, -0.1) is 0 Å². The SMILES string of the molecule is COc1ccc(Nc2ncnc3c2C(c2ccc([N+](=O)[O-])cc2)c2ccc4ccccc4c2O3)cc1. The highest BCUT2D eigenvalue weighted by atomic mass is 16.6. The minimum absolute atomic E-state index is 0.0330. The number of nitro groups is 1. The Balaban J connectivity index is 1.54. The number of ether oxygens (including phenoxy) is 2. The maximum Gasteiger partial charge on any atom is 0.269 e. The highest BCUT2D eigenvalue weighted by Gasteiger charge is 2.34. The molecule has 4 aromatic carbocycles. The molecule has 2 heterocycles. The summed E-state index contributed by atoms with van der Waals surface area (Å²) in [5, 5.41) is 16.7. The Bertz CT molecular complexity index is 1600. The van der Waals surface area contributed by atoms with Gasteiger partial charge in [0.15, 0.2) is 0 Å². The summed E-state index contributed by atoms with van der Waals surface area (Å²) in [4.78, 5) is 19.9. The van der Waals surface area contributed by atoms with Crippen molar-refractivity contribution in [2.75, 3.05) is 12.4 Å². The normalized spacial score (nSPS) is 13.9. The number of hydrogen-bond acceptors (Lipinski definition) is 7. The number of anilines is 2. The molecule has 0 saturated heterocycles. The van der Waals surface area contributed by atoms with Gasteiger partial charge in [-0.25, -0.2) is 9.97 Å². The molecule has 0 radical (unpaired) electrons. The summed E-state index contributed by atoms with van der Waals surface area (Å²) in [5.74, 6) is 2.19. The number of fused-ring (bicyclic) bond motifs is 4. The first-order chi connectivity index (χ1) is 17.6. The van der Waals surface area contributed by atoms with E-state index < -0.39 is 4.92 Å². The van der Waals surface area contributed by atoms with E-state index in [0.29, 0.717) is 11.7 Å². The second-order valence-corrected chi connectivity index (χ2v) is 8.38. The van der Waals surface area contributed by atoms with Gasteiger partial charge in [-0.3, -0.25) is 10.1 Å². The summed E-state index contributed by atoms with van der Waals surface area (Å²) in [6.07, 6.45) is 1.47. The number of nitrogens with one attached hydrogen (secondary N) is 1. The van der Waals surface area contributed by atoms with Crippen molar-refractivity contribution in [3.05, 3.63) is 118 Å². The fourth-order valence-corrected chi connectivity index (χ4v) is 4.62. The van der Waals surface area contributed by atoms with Crippen LogP contribution in [0.5, 0.6) is 17.4 Å². The summed E-state index contributed by atoms with van der Waals surface area (Å²) in [5.41, 5.74) is 3.41. The van der Waals surface area contributed by atoms with Crippen molar-refractivity contribution in [3.63, 3.8) is 0 Å². The highest BCUT2D eigenvalue weighted by molar-refractivity contribution is 5.91. The average molecular weight is 476 g/mol. The van der Waals surface area contributed by atoms with Crippen LogP contribution in [-0.2, 0) is 0 Å². The van der Waals surface area contributed by atoms with Crippen LogP contribution in [0.15, 0.2) is 91.3 Å². The van der Waals surface area contributed by atoms with Gasteiger partial charge in [-0.2, -0.15) is 0 Å². The maximum absolute atomic E-state index is 11.3. The minimum Gasteiger partial charge on any atom is -0.497 e. The number of rotatable bonds is 5. The molecule has 1 aromatic heterocycles. The second-order valence-electron chi connectivity index (χ2n) is 8.38. The van der Waals surface area contributed by atoms with Crippen LogP contribution in [0.1, 0.15) is 22.6 Å². The number of non-ortho nitro benzene ring substituents is 1. The molecule has 5 aromatic rings. The third-order valence-electron chi connectivity index (χ3n) is 6.35. The quantitative estimate of drug-likeness (QED) is 0.222. The van der Waals surface area contributed by atoms with Gasteiger partial charge >= 0.3 is 0 Å². The molecule has 0 saturated carbocycles. The van der Waals surface area contributed by atoms with Gasteiger partial charge in [-0.1, -0.05) is 48.5 Å². The van der Waals surface area contributed by atoms with Crippen molar-refractivity contribution >= 4 is 28.0 Å². The topological polar surface area (TPSA) is 99.4 Å². The summed E-state index contributed by atoms with van der Waals surface area (Å²) in [6.45, 7) is 0. The molecule has 1 N–H and O–H groups in total. The van der Waals surface area contributed by atoms with Crippen molar-refractivity contribution in [1.29, 1.82) is 0 Å². The Hall–Kier alpha value is -4.98. The van der Waals surface area contributed by atoms with Gasteiger partial charge in [0.2, 0.25) is 5.88 Å². The van der Waals surface area contributed by atoms with Gasteiger partial charge in [-0.05, 0) is 35.2 Å². The molecular weight excluding hydrogens is 456 g/mol. The fourth-order valence-electron chi connectivity index (χ4n) is 4.62. The predicted molar refractivity (Wildman–Crippen MR) is 136 cm³/mol. The highest BCUT2D eigenvalue weighted by Crippen LogP contribution is 2.51. The van der Waals surface area contributed by atoms with E-state index >= 15 is 0 Å². The molecule has 0 fully saturated rings. The third-order valence-corrected chi connectivity index (χ3v) is 6.35. The molecule has 0 aliphatic carbocycles. The Morgan fingerprint density at radius 1 is 0.944 bits per heavy atom. The van der Waals surface area contributed by atoms with Crippen molar-refractivity contribution in [3.8, 4) is 17.4 Å². The van der Waals surface area contributed by atoms with Crippen LogP contribution in [-0.4, -0.2) is 22.0 Å². The molecule has 0 bridgehead atoms. The zero-order valence-electron chi connectivity index (χ0n) is 19.2. The van der Waals surface area contributed by atoms with Crippen LogP contribution in [0.2, 0.25) is 0 Å². The number of aromatic nitrogens is 2. The van der Waals surface area contributed by atoms with Gasteiger partial charge in [0.1, 0.15) is 23.6 Å². The molecule has 1 unspecified atom stereocenters. The first-order valence-electron chi connectivity index (χ1n) is 11.3. The Morgan fingerprint density at radius 3 is 2.47 bits per heavy atom. The van der Waals surface area contributed by atoms with Gasteiger partial charge in [0, 0.05) is 34.7 Å². The molecule has 1 atom stereocenters. The van der Waals surface area contributed by atoms with Crippen LogP contribution in [0.25, 0.3) is 10.8 Å². The van der Waals surface area contributed by atoms with E-state index in [1.807, 2.05) is 54.6 Å². The van der Waals surface area contributed by atoms with E-state index in [0.717, 1.165) is 44.6 Å². The lowest BCUT2D eigenvalue weighted by atomic mass is 9.82. The van der Waals surface area contributed by atoms with E-state index in [1.54, 1.807) is 19.2 Å². The molecule has 1 aliphatic heterocycles. The molecule has 176 valence electrons. The molecule has 8 heteroatoms. The summed E-state index contributed by atoms with van der Waals surface area (Å²) in [7, 11) is 1.62. The lowest BCUT2D eigenvalue weighted by molar-refractivity contribution is -0.384. The largest absolute Gasteiger partial charge is 0.497 e. The smallest absolute Gasteiger partial charge is 0.269 e. The monoisotopic (exact) mass is 476 g/mol. The third kappa shape index (κ3) is 3.65. The number of benzene rings is 4. The van der Waals surface area contributed by atoms with E-state index in [-0.39, 0.29) is 11.6 Å². The van der Waals surface area contributed by atoms with E-state index in [4.69, 9.17) is 9.47 Å². The number of methoxy groups -OCH3 is 1. The van der Waals surface area contributed by atoms with Crippen LogP contribution in [0.3, 0.4) is 0 Å². The standard InChI is InChI=1S/C28H20N4O4/c1-35-21-13-9-19(10-14-21)31-27-25-24(18-6-11-20(12-7-18)32(33)34)23-15-8-17-4-2-3-5-22(17)26(23)36-28(25)30-16-29-27/h2-16,24H,1H3,(H,29,30,31). The van der Waals surface area contributed by atoms with E-state index in [9.17, 15) is 10.1 Å². The summed E-state index contributed by atoms with van der Waals surface area (Å²) < 4.78 is 11.7. The molecule has 8 nitrogen and oxygen atoms in total. The maximum atomic E-state index is 11.3.